The second-order valence-electron chi connectivity index (χ2n) is 18.8. The molecule has 0 bridgehead atoms. The van der Waals surface area contributed by atoms with Crippen LogP contribution in [0.5, 0.6) is 0 Å². The van der Waals surface area contributed by atoms with Gasteiger partial charge >= 0.3 is 0 Å². The van der Waals surface area contributed by atoms with Crippen molar-refractivity contribution in [1.82, 2.24) is 9.13 Å². The summed E-state index contributed by atoms with van der Waals surface area (Å²) in [7, 11) is -4.61. The lowest BCUT2D eigenvalue weighted by Gasteiger charge is -2.70. The molecular weight excluding hydrogens is 517 g/mol. The molecule has 1 rings (SSSR count). The zero-order valence-electron chi connectivity index (χ0n) is 31.7. The van der Waals surface area contributed by atoms with Gasteiger partial charge in [-0.25, -0.2) is 0 Å². The number of hydrogen-bond acceptors (Lipinski definition) is 2. The highest BCUT2D eigenvalue weighted by atomic mass is 28.3. The lowest BCUT2D eigenvalue weighted by Crippen LogP contribution is -2.73. The van der Waals surface area contributed by atoms with Crippen LogP contribution in [0, 0.1) is 0 Å². The van der Waals surface area contributed by atoms with Crippen molar-refractivity contribution < 1.29 is 0 Å². The van der Waals surface area contributed by atoms with E-state index in [1.54, 1.807) is 22.8 Å². The van der Waals surface area contributed by atoms with Crippen molar-refractivity contribution in [2.24, 2.45) is 0 Å². The summed E-state index contributed by atoms with van der Waals surface area (Å²) in [6, 6.07) is 0. The van der Waals surface area contributed by atoms with Crippen LogP contribution in [-0.4, -0.2) is 25.6 Å². The van der Waals surface area contributed by atoms with Gasteiger partial charge < -0.3 is 9.13 Å². The van der Waals surface area contributed by atoms with Crippen molar-refractivity contribution in [3.63, 3.8) is 0 Å². The van der Waals surface area contributed by atoms with Crippen LogP contribution in [0.2, 0.25) is 30.2 Å². The highest BCUT2D eigenvalue weighted by Gasteiger charge is 2.69. The molecule has 0 aromatic carbocycles. The van der Waals surface area contributed by atoms with Crippen LogP contribution >= 0.6 is 0 Å². The zero-order valence-corrected chi connectivity index (χ0v) is 33.7. The van der Waals surface area contributed by atoms with Gasteiger partial charge in [0.15, 0.2) is 16.5 Å². The average Bonchev–Trinajstić information content (AvgIpc) is 2.67. The Balaban J connectivity index is 4.80. The van der Waals surface area contributed by atoms with Crippen molar-refractivity contribution in [1.29, 1.82) is 0 Å². The van der Waals surface area contributed by atoms with Crippen LogP contribution in [-0.2, 0) is 0 Å². The lowest BCUT2D eigenvalue weighted by molar-refractivity contribution is 0.342. The van der Waals surface area contributed by atoms with E-state index in [2.05, 4.69) is 161 Å². The highest BCUT2D eigenvalue weighted by Crippen LogP contribution is 2.69. The molecule has 236 valence electrons. The maximum Gasteiger partial charge on any atom is 0.177 e. The summed E-state index contributed by atoms with van der Waals surface area (Å²) >= 11 is 0. The Morgan fingerprint density at radius 1 is 0.325 bits per heavy atom. The van der Waals surface area contributed by atoms with E-state index in [0.717, 1.165) is 25.7 Å². The number of allylic oxidation sites excluding steroid dienone is 4. The van der Waals surface area contributed by atoms with Crippen LogP contribution < -0.4 is 0 Å². The second kappa shape index (κ2) is 11.2. The first-order valence-corrected chi connectivity index (χ1v) is 20.5. The molecule has 0 aromatic heterocycles. The molecular formula is C36H74N2Si2. The van der Waals surface area contributed by atoms with Crippen molar-refractivity contribution in [2.45, 2.75) is 208 Å². The third kappa shape index (κ3) is 5.26. The third-order valence-electron chi connectivity index (χ3n) is 10.3. The molecule has 1 heterocycles. The van der Waals surface area contributed by atoms with Gasteiger partial charge in [-0.15, -0.1) is 0 Å². The second-order valence-corrected chi connectivity index (χ2v) is 31.5. The number of hydrogen-bond donors (Lipinski definition) is 0. The third-order valence-corrected chi connectivity index (χ3v) is 25.7. The fraction of sp³-hybridized carbons (Fsp3) is 0.889. The van der Waals surface area contributed by atoms with E-state index in [9.17, 15) is 0 Å². The van der Waals surface area contributed by atoms with Crippen molar-refractivity contribution in [2.75, 3.05) is 0 Å². The van der Waals surface area contributed by atoms with Gasteiger partial charge in [0.2, 0.25) is 0 Å². The zero-order chi connectivity index (χ0) is 32.3. The molecule has 1 aliphatic rings. The minimum atomic E-state index is -2.30. The number of rotatable bonds is 6. The number of nitrogens with zero attached hydrogens (tertiary/aromatic N) is 2. The van der Waals surface area contributed by atoms with E-state index < -0.39 is 16.5 Å². The SMILES string of the molecule is CCC1=C(CC)N([Si](C(C)(C)C)(C(C)(C)C)C(C)(C)C)C(CC)=C(CC)N1[Si](C(C)(C)C)(C(C)(C)C)C(C)(C)C. The summed E-state index contributed by atoms with van der Waals surface area (Å²) in [6.45, 7) is 56.0. The molecule has 0 saturated carbocycles. The largest absolute Gasteiger partial charge is 0.371 e. The molecule has 0 amide bonds. The van der Waals surface area contributed by atoms with Gasteiger partial charge in [-0.05, 0) is 55.9 Å². The summed E-state index contributed by atoms with van der Waals surface area (Å²) in [5.41, 5.74) is 6.55. The molecule has 0 aliphatic carbocycles. The molecule has 0 fully saturated rings. The van der Waals surface area contributed by atoms with Crippen molar-refractivity contribution in [3.05, 3.63) is 22.8 Å². The lowest BCUT2D eigenvalue weighted by atomic mass is 10.1. The van der Waals surface area contributed by atoms with Gasteiger partial charge in [0.1, 0.15) is 0 Å². The summed E-state index contributed by atoms with van der Waals surface area (Å²) in [5.74, 6) is 0. The molecule has 0 N–H and O–H groups in total. The van der Waals surface area contributed by atoms with Crippen LogP contribution in [0.3, 0.4) is 0 Å². The molecule has 0 spiro atoms. The maximum atomic E-state index is 3.11. The van der Waals surface area contributed by atoms with Gasteiger partial charge in [0, 0.05) is 22.8 Å². The molecule has 0 unspecified atom stereocenters. The predicted octanol–water partition coefficient (Wildman–Crippen LogP) is 13.4. The Morgan fingerprint density at radius 3 is 0.525 bits per heavy atom. The van der Waals surface area contributed by atoms with Crippen LogP contribution in [0.4, 0.5) is 0 Å². The quantitative estimate of drug-likeness (QED) is 0.284. The van der Waals surface area contributed by atoms with Crippen LogP contribution in [0.25, 0.3) is 0 Å². The minimum absolute atomic E-state index is 0.177. The van der Waals surface area contributed by atoms with Gasteiger partial charge in [0.05, 0.1) is 0 Å². The Labute approximate surface area is 256 Å². The molecule has 1 aliphatic heterocycles. The van der Waals surface area contributed by atoms with Gasteiger partial charge in [-0.1, -0.05) is 152 Å². The first-order valence-electron chi connectivity index (χ1n) is 16.6. The molecule has 40 heavy (non-hydrogen) atoms. The molecule has 4 heteroatoms. The van der Waals surface area contributed by atoms with E-state index in [1.807, 2.05) is 0 Å². The van der Waals surface area contributed by atoms with E-state index in [-0.39, 0.29) is 30.2 Å². The molecule has 0 radical (unpaired) electrons. The predicted molar refractivity (Wildman–Crippen MR) is 189 cm³/mol. The van der Waals surface area contributed by atoms with E-state index >= 15 is 0 Å². The maximum absolute atomic E-state index is 3.11. The molecule has 2 nitrogen and oxygen atoms in total. The van der Waals surface area contributed by atoms with Gasteiger partial charge in [-0.3, -0.25) is 0 Å². The fourth-order valence-electron chi connectivity index (χ4n) is 11.9. The monoisotopic (exact) mass is 591 g/mol. The Kier molecular flexibility index (Phi) is 10.5. The topological polar surface area (TPSA) is 6.48 Å². The smallest absolute Gasteiger partial charge is 0.177 e. The highest BCUT2D eigenvalue weighted by molar-refractivity contribution is 6.87. The first kappa shape index (κ1) is 37.5. The molecule has 0 saturated heterocycles. The summed E-state index contributed by atoms with van der Waals surface area (Å²) < 4.78 is 6.21. The van der Waals surface area contributed by atoms with Gasteiger partial charge in [-0.2, -0.15) is 0 Å². The standard InChI is InChI=1S/C36H74N2Si2/c1-23-27-28(24-2)38(40(34(14,15)16,35(17,18)19)36(20,21)22)30(26-4)29(25-3)37(27)39(31(5,6)7,32(8,9)10)33(11,12)13/h23-26H2,1-22H3. The van der Waals surface area contributed by atoms with Crippen molar-refractivity contribution in [3.8, 4) is 0 Å². The molecule has 0 aromatic rings. The van der Waals surface area contributed by atoms with E-state index in [4.69, 9.17) is 0 Å². The molecule has 0 atom stereocenters. The Hall–Kier alpha value is -0.486. The van der Waals surface area contributed by atoms with Crippen molar-refractivity contribution >= 4 is 16.5 Å². The van der Waals surface area contributed by atoms with Crippen LogP contribution in [0.1, 0.15) is 178 Å². The normalized spacial score (nSPS) is 17.9. The minimum Gasteiger partial charge on any atom is -0.371 e. The summed E-state index contributed by atoms with van der Waals surface area (Å²) in [5, 5.41) is 1.06. The Bertz CT molecular complexity index is 777. The average molecular weight is 591 g/mol. The fourth-order valence-corrected chi connectivity index (χ4v) is 32.2. The van der Waals surface area contributed by atoms with Crippen LogP contribution in [0.15, 0.2) is 22.8 Å². The van der Waals surface area contributed by atoms with E-state index in [1.165, 1.54) is 0 Å². The van der Waals surface area contributed by atoms with Gasteiger partial charge in [0.25, 0.3) is 0 Å². The Morgan fingerprint density at radius 2 is 0.450 bits per heavy atom. The summed E-state index contributed by atoms with van der Waals surface area (Å²) in [4.78, 5) is 0. The summed E-state index contributed by atoms with van der Waals surface area (Å²) in [6.07, 6.45) is 4.33. The van der Waals surface area contributed by atoms with E-state index in [0.29, 0.717) is 0 Å². The first-order chi connectivity index (χ1) is 17.5.